The van der Waals surface area contributed by atoms with E-state index in [4.69, 9.17) is 33.9 Å². The molecule has 4 aromatic rings. The van der Waals surface area contributed by atoms with E-state index in [2.05, 4.69) is 19.7 Å². The fourth-order valence-corrected chi connectivity index (χ4v) is 6.84. The van der Waals surface area contributed by atoms with Crippen LogP contribution in [0.15, 0.2) is 94.2 Å². The maximum absolute atomic E-state index is 12.4. The van der Waals surface area contributed by atoms with E-state index >= 15 is 0 Å². The number of nitrogens with zero attached hydrogens (tertiary/aromatic N) is 4. The van der Waals surface area contributed by atoms with E-state index in [1.807, 2.05) is 4.90 Å². The minimum atomic E-state index is -3.63. The van der Waals surface area contributed by atoms with Crippen molar-refractivity contribution in [2.75, 3.05) is 82.1 Å². The molecule has 21 nitrogen and oxygen atoms in total. The average molecular weight is 877 g/mol. The van der Waals surface area contributed by atoms with Crippen LogP contribution >= 0.6 is 0 Å². The first-order valence-electron chi connectivity index (χ1n) is 19.1. The van der Waals surface area contributed by atoms with Crippen LogP contribution in [-0.4, -0.2) is 144 Å². The first-order valence-corrected chi connectivity index (χ1v) is 20.9. The second-order valence-corrected chi connectivity index (χ2v) is 15.7. The molecule has 7 rings (SSSR count). The zero-order chi connectivity index (χ0) is 44.4. The lowest BCUT2D eigenvalue weighted by Crippen LogP contribution is -2.50. The summed E-state index contributed by atoms with van der Waals surface area (Å²) in [5.41, 5.74) is 2.08. The maximum Gasteiger partial charge on any atom is 0.414 e. The van der Waals surface area contributed by atoms with Crippen molar-refractivity contribution in [1.82, 2.24) is 20.4 Å². The third kappa shape index (κ3) is 12.1. The number of benzene rings is 2. The number of rotatable bonds is 13. The molecule has 0 aliphatic carbocycles. The number of ether oxygens (including phenoxy) is 3. The van der Waals surface area contributed by atoms with Crippen molar-refractivity contribution in [2.24, 2.45) is 0 Å². The Hall–Kier alpha value is -6.88. The van der Waals surface area contributed by atoms with Gasteiger partial charge in [0.25, 0.3) is 21.9 Å². The number of cyclic esters (lactones) is 2. The number of amidine groups is 2. The van der Waals surface area contributed by atoms with Crippen molar-refractivity contribution in [3.63, 3.8) is 0 Å². The third-order valence-corrected chi connectivity index (χ3v) is 10.2. The number of methoxy groups -OCH3 is 1. The van der Waals surface area contributed by atoms with Crippen LogP contribution in [-0.2, 0) is 33.3 Å². The van der Waals surface area contributed by atoms with Crippen molar-refractivity contribution in [1.29, 1.82) is 10.8 Å². The van der Waals surface area contributed by atoms with Crippen molar-refractivity contribution in [2.45, 2.75) is 12.2 Å². The molecule has 5 heterocycles. The van der Waals surface area contributed by atoms with E-state index < -0.39 is 40.2 Å². The van der Waals surface area contributed by atoms with Crippen LogP contribution in [0.5, 0.6) is 0 Å². The number of carbonyl (C=O) groups excluding carboxylic acids is 5. The Kier molecular flexibility index (Phi) is 14.5. The van der Waals surface area contributed by atoms with E-state index in [-0.39, 0.29) is 55.0 Å². The molecule has 0 radical (unpaired) electrons. The Labute approximate surface area is 355 Å². The summed E-state index contributed by atoms with van der Waals surface area (Å²) in [5, 5.41) is 21.0. The van der Waals surface area contributed by atoms with Crippen molar-refractivity contribution in [3.05, 3.63) is 108 Å². The highest BCUT2D eigenvalue weighted by Gasteiger charge is 2.35. The largest absolute Gasteiger partial charge is 0.468 e. The molecular formula is C40H44N8O13S. The van der Waals surface area contributed by atoms with Gasteiger partial charge in [-0.05, 0) is 72.8 Å². The minimum absolute atomic E-state index is 0.0684. The topological polar surface area (TPSA) is 267 Å². The summed E-state index contributed by atoms with van der Waals surface area (Å²) in [6.07, 6.45) is 1.65. The molecule has 22 heteroatoms. The third-order valence-electron chi connectivity index (χ3n) is 9.63. The van der Waals surface area contributed by atoms with Gasteiger partial charge in [-0.25, -0.2) is 9.59 Å². The van der Waals surface area contributed by atoms with Crippen LogP contribution in [0.4, 0.5) is 21.0 Å². The zero-order valence-electron chi connectivity index (χ0n) is 33.6. The average Bonchev–Trinajstić information content (AvgIpc) is 4.10. The van der Waals surface area contributed by atoms with Crippen LogP contribution in [0.1, 0.15) is 32.2 Å². The van der Waals surface area contributed by atoms with Gasteiger partial charge in [0.15, 0.2) is 11.5 Å². The number of furan rings is 2. The molecule has 3 saturated heterocycles. The number of amides is 4. The standard InChI is InChI=1S/C23H27N5O6.C17H17N3O7S/c1-32-20(29)15-27-10-8-26(9-11-27)13-18-14-28(23(31)34-18)17-6-4-16(5-7-17)21(24)25-22(30)19-3-2-12-33-19;1-28(23,24)26-10-13-9-20(17(22)27-13)12-6-4-11(5-7-12)15(18)19-16(21)14-3-2-8-25-14/h2-7,12,18H,8-11,13-15H2,1H3,(H2,24,25,30);2-8,13H,9-10H2,1H3,(H2,18,19,21). The van der Waals surface area contributed by atoms with Gasteiger partial charge in [0, 0.05) is 55.2 Å². The molecule has 2 unspecified atom stereocenters. The molecule has 4 amide bonds. The van der Waals surface area contributed by atoms with E-state index in [0.29, 0.717) is 35.6 Å². The Morgan fingerprint density at radius 2 is 1.16 bits per heavy atom. The van der Waals surface area contributed by atoms with Crippen LogP contribution in [0, 0.1) is 10.8 Å². The van der Waals surface area contributed by atoms with Gasteiger partial charge in [0.05, 0.1) is 45.5 Å². The summed E-state index contributed by atoms with van der Waals surface area (Å²) in [6, 6.07) is 19.2. The van der Waals surface area contributed by atoms with Crippen LogP contribution < -0.4 is 20.4 Å². The lowest BCUT2D eigenvalue weighted by Gasteiger charge is -2.34. The van der Waals surface area contributed by atoms with Gasteiger partial charge in [-0.3, -0.25) is 49.0 Å². The second kappa shape index (κ2) is 20.1. The summed E-state index contributed by atoms with van der Waals surface area (Å²) in [4.78, 5) is 67.0. The summed E-state index contributed by atoms with van der Waals surface area (Å²) < 4.78 is 52.1. The molecule has 3 fully saturated rings. The zero-order valence-corrected chi connectivity index (χ0v) is 34.4. The lowest BCUT2D eigenvalue weighted by atomic mass is 10.1. The number of carbonyl (C=O) groups is 5. The highest BCUT2D eigenvalue weighted by atomic mass is 32.2. The number of hydrogen-bond acceptors (Lipinski definition) is 17. The van der Waals surface area contributed by atoms with Crippen LogP contribution in [0.2, 0.25) is 0 Å². The molecular weight excluding hydrogens is 833 g/mol. The molecule has 0 saturated carbocycles. The van der Waals surface area contributed by atoms with Crippen LogP contribution in [0.3, 0.4) is 0 Å². The van der Waals surface area contributed by atoms with E-state index in [0.717, 1.165) is 32.4 Å². The monoisotopic (exact) mass is 876 g/mol. The fraction of sp³-hybridized carbons (Fsp3) is 0.325. The molecule has 0 spiro atoms. The predicted molar refractivity (Wildman–Crippen MR) is 220 cm³/mol. The number of nitrogens with one attached hydrogen (secondary N) is 4. The van der Waals surface area contributed by atoms with Gasteiger partial charge in [-0.1, -0.05) is 0 Å². The summed E-state index contributed by atoms with van der Waals surface area (Å²) >= 11 is 0. The number of esters is 1. The summed E-state index contributed by atoms with van der Waals surface area (Å²) in [7, 11) is -2.24. The van der Waals surface area contributed by atoms with E-state index in [1.165, 1.54) is 36.7 Å². The van der Waals surface area contributed by atoms with Gasteiger partial charge < -0.3 is 33.7 Å². The number of anilines is 2. The van der Waals surface area contributed by atoms with Crippen LogP contribution in [0.25, 0.3) is 0 Å². The predicted octanol–water partition coefficient (Wildman–Crippen LogP) is 2.49. The van der Waals surface area contributed by atoms with Gasteiger partial charge in [-0.2, -0.15) is 8.42 Å². The molecule has 62 heavy (non-hydrogen) atoms. The smallest absolute Gasteiger partial charge is 0.414 e. The highest BCUT2D eigenvalue weighted by Crippen LogP contribution is 2.24. The van der Waals surface area contributed by atoms with Gasteiger partial charge in [0.2, 0.25) is 0 Å². The number of piperazine rings is 1. The number of hydrogen-bond donors (Lipinski definition) is 4. The van der Waals surface area contributed by atoms with Crippen molar-refractivity contribution in [3.8, 4) is 0 Å². The Balaban J connectivity index is 0.000000211. The van der Waals surface area contributed by atoms with E-state index in [9.17, 15) is 32.4 Å². The van der Waals surface area contributed by atoms with E-state index in [1.54, 1.807) is 65.6 Å². The molecule has 2 aromatic carbocycles. The second-order valence-electron chi connectivity index (χ2n) is 14.1. The molecule has 2 aromatic heterocycles. The van der Waals surface area contributed by atoms with Crippen molar-refractivity contribution < 1.29 is 59.6 Å². The maximum atomic E-state index is 12.4. The Morgan fingerprint density at radius 1 is 0.710 bits per heavy atom. The van der Waals surface area contributed by atoms with Gasteiger partial charge in [-0.15, -0.1) is 0 Å². The van der Waals surface area contributed by atoms with Gasteiger partial charge in [0.1, 0.15) is 30.5 Å². The normalized spacial score (nSPS) is 18.0. The lowest BCUT2D eigenvalue weighted by molar-refractivity contribution is -0.142. The Morgan fingerprint density at radius 3 is 1.60 bits per heavy atom. The molecule has 4 N–H and O–H groups in total. The minimum Gasteiger partial charge on any atom is -0.468 e. The first-order chi connectivity index (χ1) is 29.6. The quantitative estimate of drug-likeness (QED) is 0.0494. The van der Waals surface area contributed by atoms with Crippen molar-refractivity contribution >= 4 is 63.1 Å². The molecule has 3 aliphatic heterocycles. The molecule has 328 valence electrons. The summed E-state index contributed by atoms with van der Waals surface area (Å²) in [5.74, 6) is -1.28. The summed E-state index contributed by atoms with van der Waals surface area (Å²) in [6.45, 7) is 4.27. The molecule has 0 bridgehead atoms. The Bertz CT molecular complexity index is 2350. The SMILES string of the molecule is COC(=O)CN1CCN(CC2CN(c3ccc(C(=N)NC(=O)c4ccco4)cc3)C(=O)O2)CC1.CS(=O)(=O)OCC1CN(c2ccc(C(=N)NC(=O)c3ccco3)cc2)C(=O)O1. The highest BCUT2D eigenvalue weighted by molar-refractivity contribution is 7.85. The molecule has 2 atom stereocenters. The first kappa shape index (κ1) is 44.7. The fourth-order valence-electron chi connectivity index (χ4n) is 6.44. The van der Waals surface area contributed by atoms with Gasteiger partial charge >= 0.3 is 18.2 Å². The molecule has 3 aliphatic rings.